The van der Waals surface area contributed by atoms with Crippen molar-refractivity contribution < 1.29 is 14.3 Å². The first-order chi connectivity index (χ1) is 14.1. The molecule has 0 aliphatic heterocycles. The molecule has 3 aromatic rings. The molecule has 146 valence electrons. The summed E-state index contributed by atoms with van der Waals surface area (Å²) in [5, 5.41) is 6.83. The van der Waals surface area contributed by atoms with Crippen LogP contribution in [0.15, 0.2) is 84.0 Å². The Hall–Kier alpha value is -3.93. The minimum absolute atomic E-state index is 0.350. The van der Waals surface area contributed by atoms with Crippen LogP contribution in [-0.4, -0.2) is 24.7 Å². The standard InChI is InChI=1S/C23H21N3O3/c1-17-7-13-20(14-8-17)25-22(27)16-29-23(28)19-11-9-18(10-12-19)15-24-26-21-5-3-2-4-6-21/h2-15,26H,16H2,1H3,(H,25,27)/b24-15+. The van der Waals surface area contributed by atoms with Crippen molar-refractivity contribution in [1.82, 2.24) is 0 Å². The van der Waals surface area contributed by atoms with Crippen molar-refractivity contribution in [3.8, 4) is 0 Å². The first-order valence-corrected chi connectivity index (χ1v) is 9.08. The van der Waals surface area contributed by atoms with Crippen molar-refractivity contribution in [2.24, 2.45) is 5.10 Å². The maximum absolute atomic E-state index is 12.1. The SMILES string of the molecule is Cc1ccc(NC(=O)COC(=O)c2ccc(/C=N/Nc3ccccc3)cc2)cc1. The lowest BCUT2D eigenvalue weighted by Gasteiger charge is -2.07. The third-order valence-electron chi connectivity index (χ3n) is 4.00. The number of hydrogen-bond acceptors (Lipinski definition) is 5. The van der Waals surface area contributed by atoms with Gasteiger partial charge in [-0.15, -0.1) is 0 Å². The molecule has 6 heteroatoms. The second-order valence-corrected chi connectivity index (χ2v) is 6.35. The highest BCUT2D eigenvalue weighted by molar-refractivity contribution is 5.95. The molecule has 0 aliphatic carbocycles. The van der Waals surface area contributed by atoms with E-state index < -0.39 is 11.9 Å². The molecule has 3 aromatic carbocycles. The maximum atomic E-state index is 12.1. The topological polar surface area (TPSA) is 79.8 Å². The van der Waals surface area contributed by atoms with Crippen molar-refractivity contribution in [3.63, 3.8) is 0 Å². The molecule has 0 saturated heterocycles. The molecule has 0 atom stereocenters. The van der Waals surface area contributed by atoms with Crippen LogP contribution in [0.3, 0.4) is 0 Å². The number of benzene rings is 3. The van der Waals surface area contributed by atoms with Gasteiger partial charge in [-0.3, -0.25) is 10.2 Å². The summed E-state index contributed by atoms with van der Waals surface area (Å²) in [6, 6.07) is 23.7. The van der Waals surface area contributed by atoms with Gasteiger partial charge in [-0.2, -0.15) is 5.10 Å². The predicted octanol–water partition coefficient (Wildman–Crippen LogP) is 4.24. The number of hydrogen-bond donors (Lipinski definition) is 2. The number of amides is 1. The van der Waals surface area contributed by atoms with E-state index in [1.165, 1.54) is 0 Å². The Balaban J connectivity index is 1.47. The number of ether oxygens (including phenoxy) is 1. The number of carbonyl (C=O) groups excluding carboxylic acids is 2. The zero-order valence-corrected chi connectivity index (χ0v) is 16.0. The molecule has 2 N–H and O–H groups in total. The number of carbonyl (C=O) groups is 2. The quantitative estimate of drug-likeness (QED) is 0.361. The third kappa shape index (κ3) is 6.32. The summed E-state index contributed by atoms with van der Waals surface area (Å²) in [5.41, 5.74) is 6.74. The van der Waals surface area contributed by atoms with Crippen molar-refractivity contribution in [1.29, 1.82) is 0 Å². The number of esters is 1. The lowest BCUT2D eigenvalue weighted by atomic mass is 10.1. The third-order valence-corrected chi connectivity index (χ3v) is 4.00. The Morgan fingerprint density at radius 2 is 1.59 bits per heavy atom. The highest BCUT2D eigenvalue weighted by Crippen LogP contribution is 2.09. The van der Waals surface area contributed by atoms with Gasteiger partial charge in [0.15, 0.2) is 6.61 Å². The summed E-state index contributed by atoms with van der Waals surface area (Å²) < 4.78 is 5.07. The van der Waals surface area contributed by atoms with E-state index >= 15 is 0 Å². The van der Waals surface area contributed by atoms with Gasteiger partial charge in [-0.05, 0) is 48.9 Å². The maximum Gasteiger partial charge on any atom is 0.338 e. The molecule has 29 heavy (non-hydrogen) atoms. The van der Waals surface area contributed by atoms with Gasteiger partial charge in [0, 0.05) is 5.69 Å². The zero-order valence-electron chi connectivity index (χ0n) is 16.0. The summed E-state index contributed by atoms with van der Waals surface area (Å²) in [4.78, 5) is 24.0. The number of hydrazone groups is 1. The van der Waals surface area contributed by atoms with E-state index in [4.69, 9.17) is 4.74 Å². The monoisotopic (exact) mass is 387 g/mol. The summed E-state index contributed by atoms with van der Waals surface area (Å²) in [7, 11) is 0. The number of rotatable bonds is 7. The van der Waals surface area contributed by atoms with Crippen LogP contribution in [0.5, 0.6) is 0 Å². The second kappa shape index (κ2) is 9.85. The van der Waals surface area contributed by atoms with E-state index in [0.29, 0.717) is 11.3 Å². The number of aryl methyl sites for hydroxylation is 1. The van der Waals surface area contributed by atoms with Crippen molar-refractivity contribution >= 4 is 29.5 Å². The van der Waals surface area contributed by atoms with Crippen LogP contribution in [-0.2, 0) is 9.53 Å². The van der Waals surface area contributed by atoms with Gasteiger partial charge in [-0.25, -0.2) is 4.79 Å². The van der Waals surface area contributed by atoms with Crippen LogP contribution in [0, 0.1) is 6.92 Å². The number of anilines is 2. The van der Waals surface area contributed by atoms with E-state index in [1.54, 1.807) is 42.6 Å². The van der Waals surface area contributed by atoms with Crippen molar-refractivity contribution in [2.45, 2.75) is 6.92 Å². The predicted molar refractivity (Wildman–Crippen MR) is 114 cm³/mol. The molecule has 1 amide bonds. The van der Waals surface area contributed by atoms with Gasteiger partial charge in [-0.1, -0.05) is 48.0 Å². The fourth-order valence-electron chi connectivity index (χ4n) is 2.45. The van der Waals surface area contributed by atoms with Gasteiger partial charge in [0.1, 0.15) is 0 Å². The van der Waals surface area contributed by atoms with Crippen LogP contribution >= 0.6 is 0 Å². The van der Waals surface area contributed by atoms with Crippen LogP contribution in [0.1, 0.15) is 21.5 Å². The smallest absolute Gasteiger partial charge is 0.338 e. The molecule has 0 bridgehead atoms. The van der Waals surface area contributed by atoms with Gasteiger partial charge < -0.3 is 10.1 Å². The molecule has 0 aromatic heterocycles. The molecule has 0 heterocycles. The highest BCUT2D eigenvalue weighted by atomic mass is 16.5. The highest BCUT2D eigenvalue weighted by Gasteiger charge is 2.10. The molecule has 3 rings (SSSR count). The van der Waals surface area contributed by atoms with Crippen LogP contribution in [0.25, 0.3) is 0 Å². The second-order valence-electron chi connectivity index (χ2n) is 6.35. The normalized spacial score (nSPS) is 10.5. The first kappa shape index (κ1) is 19.8. The Morgan fingerprint density at radius 3 is 2.28 bits per heavy atom. The Labute approximate surface area is 169 Å². The number of nitrogens with one attached hydrogen (secondary N) is 2. The molecule has 0 spiro atoms. The molecule has 0 unspecified atom stereocenters. The largest absolute Gasteiger partial charge is 0.452 e. The Kier molecular flexibility index (Phi) is 6.73. The average Bonchev–Trinajstić information content (AvgIpc) is 2.75. The summed E-state index contributed by atoms with van der Waals surface area (Å²) >= 11 is 0. The van der Waals surface area contributed by atoms with Gasteiger partial charge in [0.2, 0.25) is 0 Å². The minimum atomic E-state index is -0.560. The van der Waals surface area contributed by atoms with Crippen LogP contribution < -0.4 is 10.7 Å². The Bertz CT molecular complexity index is 982. The van der Waals surface area contributed by atoms with Crippen LogP contribution in [0.4, 0.5) is 11.4 Å². The van der Waals surface area contributed by atoms with E-state index in [9.17, 15) is 9.59 Å². The summed E-state index contributed by atoms with van der Waals surface area (Å²) in [6.45, 7) is 1.61. The molecule has 0 aliphatic rings. The van der Waals surface area contributed by atoms with Gasteiger partial charge in [0.05, 0.1) is 17.5 Å². The van der Waals surface area contributed by atoms with E-state index in [-0.39, 0.29) is 6.61 Å². The molecule has 6 nitrogen and oxygen atoms in total. The summed E-state index contributed by atoms with van der Waals surface area (Å²) in [5.74, 6) is -0.951. The van der Waals surface area contributed by atoms with Crippen molar-refractivity contribution in [3.05, 3.63) is 95.6 Å². The lowest BCUT2D eigenvalue weighted by molar-refractivity contribution is -0.119. The Morgan fingerprint density at radius 1 is 0.897 bits per heavy atom. The van der Waals surface area contributed by atoms with E-state index in [1.807, 2.05) is 49.4 Å². The zero-order chi connectivity index (χ0) is 20.5. The van der Waals surface area contributed by atoms with Gasteiger partial charge >= 0.3 is 5.97 Å². The lowest BCUT2D eigenvalue weighted by Crippen LogP contribution is -2.20. The fourth-order valence-corrected chi connectivity index (χ4v) is 2.45. The number of nitrogens with zero attached hydrogens (tertiary/aromatic N) is 1. The van der Waals surface area contributed by atoms with Gasteiger partial charge in [0.25, 0.3) is 5.91 Å². The average molecular weight is 387 g/mol. The minimum Gasteiger partial charge on any atom is -0.452 e. The van der Waals surface area contributed by atoms with Crippen molar-refractivity contribution in [2.75, 3.05) is 17.3 Å². The molecule has 0 saturated carbocycles. The molecule has 0 radical (unpaired) electrons. The fraction of sp³-hybridized carbons (Fsp3) is 0.0870. The molecule has 0 fully saturated rings. The number of para-hydroxylation sites is 1. The summed E-state index contributed by atoms with van der Waals surface area (Å²) in [6.07, 6.45) is 1.65. The first-order valence-electron chi connectivity index (χ1n) is 9.08. The van der Waals surface area contributed by atoms with E-state index in [2.05, 4.69) is 15.8 Å². The van der Waals surface area contributed by atoms with Crippen LogP contribution in [0.2, 0.25) is 0 Å². The molecular formula is C23H21N3O3. The molecular weight excluding hydrogens is 366 g/mol. The van der Waals surface area contributed by atoms with E-state index in [0.717, 1.165) is 16.8 Å².